The van der Waals surface area contributed by atoms with Gasteiger partial charge in [0.05, 0.1) is 18.9 Å². The van der Waals surface area contributed by atoms with Gasteiger partial charge in [0.2, 0.25) is 11.8 Å². The van der Waals surface area contributed by atoms with Gasteiger partial charge in [0.1, 0.15) is 5.75 Å². The largest absolute Gasteiger partial charge is 0.497 e. The van der Waals surface area contributed by atoms with Crippen molar-refractivity contribution in [1.82, 2.24) is 5.32 Å². The minimum atomic E-state index is -0.183. The zero-order valence-electron chi connectivity index (χ0n) is 16.2. The van der Waals surface area contributed by atoms with Crippen LogP contribution in [0.15, 0.2) is 48.5 Å². The van der Waals surface area contributed by atoms with Crippen LogP contribution in [0.4, 0.5) is 5.69 Å². The van der Waals surface area contributed by atoms with Gasteiger partial charge in [-0.2, -0.15) is 0 Å². The Balaban J connectivity index is 1.28. The summed E-state index contributed by atoms with van der Waals surface area (Å²) in [5, 5.41) is 2.99. The number of nitrogens with one attached hydrogen (secondary N) is 1. The second-order valence-corrected chi connectivity index (χ2v) is 7.56. The monoisotopic (exact) mass is 378 g/mol. The molecule has 0 bridgehead atoms. The number of hydrogen-bond donors (Lipinski definition) is 1. The molecule has 0 aromatic heterocycles. The van der Waals surface area contributed by atoms with Crippen LogP contribution in [0, 0.1) is 11.8 Å². The zero-order chi connectivity index (χ0) is 19.5. The third kappa shape index (κ3) is 3.88. The molecule has 28 heavy (non-hydrogen) atoms. The number of methoxy groups -OCH3 is 1. The van der Waals surface area contributed by atoms with Crippen LogP contribution in [0.25, 0.3) is 0 Å². The van der Waals surface area contributed by atoms with Gasteiger partial charge in [0, 0.05) is 18.8 Å². The first-order chi connectivity index (χ1) is 13.7. The van der Waals surface area contributed by atoms with Crippen LogP contribution in [0.5, 0.6) is 5.75 Å². The maximum Gasteiger partial charge on any atom is 0.230 e. The van der Waals surface area contributed by atoms with Crippen molar-refractivity contribution in [3.8, 4) is 5.75 Å². The van der Waals surface area contributed by atoms with Gasteiger partial charge in [0.15, 0.2) is 0 Å². The lowest BCUT2D eigenvalue weighted by Gasteiger charge is -2.29. The maximum atomic E-state index is 12.9. The summed E-state index contributed by atoms with van der Waals surface area (Å²) in [5.74, 6) is 0.565. The third-order valence-electron chi connectivity index (χ3n) is 5.69. The average molecular weight is 378 g/mol. The average Bonchev–Trinajstić information content (AvgIpc) is 3.54. The highest BCUT2D eigenvalue weighted by molar-refractivity contribution is 6.01. The predicted molar refractivity (Wildman–Crippen MR) is 108 cm³/mol. The van der Waals surface area contributed by atoms with E-state index < -0.39 is 0 Å². The van der Waals surface area contributed by atoms with E-state index in [1.54, 1.807) is 7.11 Å². The second kappa shape index (κ2) is 8.05. The molecule has 1 heterocycles. The lowest BCUT2D eigenvalue weighted by atomic mass is 10.0. The fourth-order valence-corrected chi connectivity index (χ4v) is 3.97. The van der Waals surface area contributed by atoms with E-state index in [0.29, 0.717) is 13.0 Å². The maximum absolute atomic E-state index is 12.9. The molecule has 1 aliphatic heterocycles. The van der Waals surface area contributed by atoms with Crippen molar-refractivity contribution in [2.75, 3.05) is 25.1 Å². The van der Waals surface area contributed by atoms with Crippen LogP contribution in [-0.4, -0.2) is 32.0 Å². The minimum Gasteiger partial charge on any atom is -0.497 e. The SMILES string of the molecule is COc1ccc(CCNC(=O)C2CC2C(=O)N2CCCc3ccccc32)cc1. The molecule has 0 saturated heterocycles. The van der Waals surface area contributed by atoms with Gasteiger partial charge < -0.3 is 15.0 Å². The van der Waals surface area contributed by atoms with Gasteiger partial charge >= 0.3 is 0 Å². The molecule has 5 heteroatoms. The molecule has 1 fully saturated rings. The first-order valence-electron chi connectivity index (χ1n) is 9.97. The van der Waals surface area contributed by atoms with E-state index in [1.807, 2.05) is 47.4 Å². The van der Waals surface area contributed by atoms with Crippen molar-refractivity contribution < 1.29 is 14.3 Å². The van der Waals surface area contributed by atoms with Crippen LogP contribution in [0.2, 0.25) is 0 Å². The number of carbonyl (C=O) groups excluding carboxylic acids is 2. The molecule has 2 aromatic rings. The number of benzene rings is 2. The first-order valence-corrected chi connectivity index (χ1v) is 9.97. The van der Waals surface area contributed by atoms with Crippen molar-refractivity contribution in [3.63, 3.8) is 0 Å². The van der Waals surface area contributed by atoms with Crippen LogP contribution in [-0.2, 0) is 22.4 Å². The number of aryl methyl sites for hydroxylation is 1. The quantitative estimate of drug-likeness (QED) is 0.841. The topological polar surface area (TPSA) is 58.6 Å². The molecule has 2 aromatic carbocycles. The number of amides is 2. The second-order valence-electron chi connectivity index (χ2n) is 7.56. The highest BCUT2D eigenvalue weighted by Crippen LogP contribution is 2.42. The van der Waals surface area contributed by atoms with Gasteiger partial charge in [-0.25, -0.2) is 0 Å². The molecular formula is C23H26N2O3. The van der Waals surface area contributed by atoms with E-state index in [4.69, 9.17) is 4.74 Å². The van der Waals surface area contributed by atoms with Crippen molar-refractivity contribution >= 4 is 17.5 Å². The number of carbonyl (C=O) groups is 2. The number of rotatable bonds is 6. The summed E-state index contributed by atoms with van der Waals surface area (Å²) in [4.78, 5) is 27.2. The molecule has 1 saturated carbocycles. The Labute approximate surface area is 165 Å². The highest BCUT2D eigenvalue weighted by Gasteiger charge is 2.49. The highest BCUT2D eigenvalue weighted by atomic mass is 16.5. The smallest absolute Gasteiger partial charge is 0.230 e. The Bertz CT molecular complexity index is 862. The molecule has 2 unspecified atom stereocenters. The van der Waals surface area contributed by atoms with Gasteiger partial charge in [-0.3, -0.25) is 9.59 Å². The standard InChI is InChI=1S/C23H26N2O3/c1-28-18-10-8-16(9-11-18)12-13-24-22(26)19-15-20(19)23(27)25-14-4-6-17-5-2-3-7-21(17)25/h2-3,5,7-11,19-20H,4,6,12-15H2,1H3,(H,24,26). The van der Waals surface area contributed by atoms with E-state index in [0.717, 1.165) is 42.8 Å². The molecule has 2 aliphatic rings. The van der Waals surface area contributed by atoms with Gasteiger partial charge in [0.25, 0.3) is 0 Å². The van der Waals surface area contributed by atoms with Crippen molar-refractivity contribution in [1.29, 1.82) is 0 Å². The Kier molecular flexibility index (Phi) is 5.33. The Hall–Kier alpha value is -2.82. The Morgan fingerprint density at radius 1 is 1.11 bits per heavy atom. The van der Waals surface area contributed by atoms with E-state index >= 15 is 0 Å². The molecule has 4 rings (SSSR count). The molecule has 1 N–H and O–H groups in total. The molecule has 2 atom stereocenters. The lowest BCUT2D eigenvalue weighted by molar-refractivity contribution is -0.126. The van der Waals surface area contributed by atoms with E-state index in [9.17, 15) is 9.59 Å². The number of nitrogens with zero attached hydrogens (tertiary/aromatic N) is 1. The molecule has 2 amide bonds. The van der Waals surface area contributed by atoms with Gasteiger partial charge in [-0.1, -0.05) is 30.3 Å². The molecule has 0 radical (unpaired) electrons. The van der Waals surface area contributed by atoms with Crippen LogP contribution >= 0.6 is 0 Å². The number of hydrogen-bond acceptors (Lipinski definition) is 3. The lowest BCUT2D eigenvalue weighted by Crippen LogP contribution is -2.38. The first kappa shape index (κ1) is 18.5. The van der Waals surface area contributed by atoms with Crippen molar-refractivity contribution in [2.24, 2.45) is 11.8 Å². The van der Waals surface area contributed by atoms with Crippen LogP contribution in [0.1, 0.15) is 24.0 Å². The summed E-state index contributed by atoms with van der Waals surface area (Å²) in [6.45, 7) is 1.33. The van der Waals surface area contributed by atoms with E-state index in [-0.39, 0.29) is 23.7 Å². The summed E-state index contributed by atoms with van der Waals surface area (Å²) >= 11 is 0. The van der Waals surface area contributed by atoms with Crippen LogP contribution in [0.3, 0.4) is 0 Å². The molecule has 146 valence electrons. The van der Waals surface area contributed by atoms with E-state index in [2.05, 4.69) is 11.4 Å². The Morgan fingerprint density at radius 3 is 2.68 bits per heavy atom. The molecule has 5 nitrogen and oxygen atoms in total. The number of para-hydroxylation sites is 1. The predicted octanol–water partition coefficient (Wildman–Crippen LogP) is 2.97. The number of ether oxygens (including phenoxy) is 1. The molecular weight excluding hydrogens is 352 g/mol. The summed E-state index contributed by atoms with van der Waals surface area (Å²) in [6, 6.07) is 15.9. The summed E-state index contributed by atoms with van der Waals surface area (Å²) in [6.07, 6.45) is 3.42. The van der Waals surface area contributed by atoms with Gasteiger partial charge in [-0.05, 0) is 55.0 Å². The Morgan fingerprint density at radius 2 is 1.89 bits per heavy atom. The van der Waals surface area contributed by atoms with Gasteiger partial charge in [-0.15, -0.1) is 0 Å². The normalized spacial score (nSPS) is 20.2. The van der Waals surface area contributed by atoms with Crippen molar-refractivity contribution in [3.05, 3.63) is 59.7 Å². The fourth-order valence-electron chi connectivity index (χ4n) is 3.97. The minimum absolute atomic E-state index is 0.00263. The summed E-state index contributed by atoms with van der Waals surface area (Å²) < 4.78 is 5.15. The van der Waals surface area contributed by atoms with Crippen molar-refractivity contribution in [2.45, 2.75) is 25.7 Å². The fraction of sp³-hybridized carbons (Fsp3) is 0.391. The van der Waals surface area contributed by atoms with E-state index in [1.165, 1.54) is 5.56 Å². The number of fused-ring (bicyclic) bond motifs is 1. The third-order valence-corrected chi connectivity index (χ3v) is 5.69. The molecule has 1 aliphatic carbocycles. The van der Waals surface area contributed by atoms with Crippen LogP contribution < -0.4 is 15.0 Å². The zero-order valence-corrected chi connectivity index (χ0v) is 16.2. The summed E-state index contributed by atoms with van der Waals surface area (Å²) in [7, 11) is 1.64. The summed E-state index contributed by atoms with van der Waals surface area (Å²) in [5.41, 5.74) is 3.39. The molecule has 0 spiro atoms. The number of anilines is 1.